The van der Waals surface area contributed by atoms with Gasteiger partial charge in [-0.25, -0.2) is 0 Å². The number of methoxy groups -OCH3 is 2. The Hall–Kier alpha value is -0.920. The zero-order valence-corrected chi connectivity index (χ0v) is 8.18. The molecule has 2 nitrogen and oxygen atoms in total. The van der Waals surface area contributed by atoms with Gasteiger partial charge >= 0.3 is 0 Å². The molecule has 0 radical (unpaired) electrons. The molecule has 0 N–H and O–H groups in total. The fourth-order valence-corrected chi connectivity index (χ4v) is 1.39. The highest BCUT2D eigenvalue weighted by atomic mass is 16.5. The maximum Gasteiger partial charge on any atom is 0.103 e. The van der Waals surface area contributed by atoms with Crippen molar-refractivity contribution in [2.45, 2.75) is 20.3 Å². The summed E-state index contributed by atoms with van der Waals surface area (Å²) in [6.45, 7) is 4.25. The first-order valence-corrected chi connectivity index (χ1v) is 4.17. The first-order valence-electron chi connectivity index (χ1n) is 4.17. The van der Waals surface area contributed by atoms with E-state index in [-0.39, 0.29) is 0 Å². The molecule has 12 heavy (non-hydrogen) atoms. The molecule has 2 heteroatoms. The molecule has 0 aromatic rings. The largest absolute Gasteiger partial charge is 0.501 e. The zero-order valence-electron chi connectivity index (χ0n) is 8.18. The maximum absolute atomic E-state index is 5.26. The fourth-order valence-electron chi connectivity index (χ4n) is 1.39. The zero-order chi connectivity index (χ0) is 9.14. The molecule has 0 spiro atoms. The third-order valence-corrected chi connectivity index (χ3v) is 2.40. The molecule has 1 atom stereocenters. The summed E-state index contributed by atoms with van der Waals surface area (Å²) in [7, 11) is 3.41. The number of ether oxygens (including phenoxy) is 2. The predicted octanol–water partition coefficient (Wildman–Crippen LogP) is 2.48. The van der Waals surface area contributed by atoms with E-state index in [2.05, 4.69) is 19.9 Å². The molecular weight excluding hydrogens is 152 g/mol. The van der Waals surface area contributed by atoms with Crippen molar-refractivity contribution in [3.8, 4) is 0 Å². The summed E-state index contributed by atoms with van der Waals surface area (Å²) in [5.41, 5.74) is 1.30. The third kappa shape index (κ3) is 1.63. The lowest BCUT2D eigenvalue weighted by Gasteiger charge is -2.21. The number of allylic oxidation sites excluding steroid dienone is 2. The lowest BCUT2D eigenvalue weighted by molar-refractivity contribution is 0.225. The highest BCUT2D eigenvalue weighted by Gasteiger charge is 2.17. The van der Waals surface area contributed by atoms with Gasteiger partial charge in [0.05, 0.1) is 26.4 Å². The van der Waals surface area contributed by atoms with Crippen molar-refractivity contribution in [1.29, 1.82) is 0 Å². The van der Waals surface area contributed by atoms with E-state index in [0.717, 1.165) is 17.9 Å². The summed E-state index contributed by atoms with van der Waals surface area (Å²) in [5.74, 6) is 2.48. The molecule has 68 valence electrons. The van der Waals surface area contributed by atoms with Gasteiger partial charge in [0, 0.05) is 5.92 Å². The molecule has 1 aliphatic rings. The topological polar surface area (TPSA) is 18.5 Å². The van der Waals surface area contributed by atoms with Crippen LogP contribution in [0.3, 0.4) is 0 Å². The molecule has 0 heterocycles. The molecular formula is C10H16O2. The summed E-state index contributed by atoms with van der Waals surface area (Å²) in [5, 5.41) is 0. The lowest BCUT2D eigenvalue weighted by atomic mass is 9.94. The summed E-state index contributed by atoms with van der Waals surface area (Å²) >= 11 is 0. The smallest absolute Gasteiger partial charge is 0.103 e. The van der Waals surface area contributed by atoms with Gasteiger partial charge in [0.25, 0.3) is 0 Å². The highest BCUT2D eigenvalue weighted by molar-refractivity contribution is 5.24. The Morgan fingerprint density at radius 1 is 1.33 bits per heavy atom. The predicted molar refractivity (Wildman–Crippen MR) is 48.6 cm³/mol. The van der Waals surface area contributed by atoms with E-state index < -0.39 is 0 Å². The first kappa shape index (κ1) is 9.17. The molecule has 0 saturated carbocycles. The van der Waals surface area contributed by atoms with Gasteiger partial charge in [0.2, 0.25) is 0 Å². The van der Waals surface area contributed by atoms with Gasteiger partial charge in [-0.3, -0.25) is 0 Å². The van der Waals surface area contributed by atoms with Gasteiger partial charge in [-0.2, -0.15) is 0 Å². The molecule has 0 amide bonds. The van der Waals surface area contributed by atoms with Gasteiger partial charge in [-0.15, -0.1) is 0 Å². The van der Waals surface area contributed by atoms with Crippen LogP contribution in [0.2, 0.25) is 0 Å². The van der Waals surface area contributed by atoms with Crippen molar-refractivity contribution >= 4 is 0 Å². The molecule has 1 unspecified atom stereocenters. The van der Waals surface area contributed by atoms with Gasteiger partial charge < -0.3 is 9.47 Å². The third-order valence-electron chi connectivity index (χ3n) is 2.40. The van der Waals surface area contributed by atoms with Crippen molar-refractivity contribution in [3.05, 3.63) is 23.2 Å². The van der Waals surface area contributed by atoms with Crippen molar-refractivity contribution < 1.29 is 9.47 Å². The molecule has 0 fully saturated rings. The standard InChI is InChI=1S/C10H16O2/c1-7-5-9(11-3)6-10(12-4)8(7)2/h5,7H,6H2,1-4H3. The minimum absolute atomic E-state index is 0.434. The number of rotatable bonds is 2. The second-order valence-electron chi connectivity index (χ2n) is 3.11. The molecule has 0 aromatic carbocycles. The van der Waals surface area contributed by atoms with Gasteiger partial charge in [0.15, 0.2) is 0 Å². The quantitative estimate of drug-likeness (QED) is 0.630. The molecule has 0 bridgehead atoms. The van der Waals surface area contributed by atoms with Crippen LogP contribution in [0.4, 0.5) is 0 Å². The molecule has 1 rings (SSSR count). The van der Waals surface area contributed by atoms with Crippen LogP contribution in [0.5, 0.6) is 0 Å². The Kier molecular flexibility index (Phi) is 2.79. The van der Waals surface area contributed by atoms with Crippen molar-refractivity contribution in [2.24, 2.45) is 5.92 Å². The Labute approximate surface area is 73.9 Å². The Balaban J connectivity index is 2.81. The summed E-state index contributed by atoms with van der Waals surface area (Å²) in [6.07, 6.45) is 2.93. The molecule has 0 aromatic heterocycles. The van der Waals surface area contributed by atoms with Crippen LogP contribution < -0.4 is 0 Å². The SMILES string of the molecule is COC1=CC(C)C(C)=C(OC)C1. The van der Waals surface area contributed by atoms with Crippen LogP contribution in [0.25, 0.3) is 0 Å². The average Bonchev–Trinajstić information content (AvgIpc) is 2.09. The minimum Gasteiger partial charge on any atom is -0.501 e. The van der Waals surface area contributed by atoms with Gasteiger partial charge in [-0.1, -0.05) is 6.92 Å². The van der Waals surface area contributed by atoms with Crippen LogP contribution in [-0.4, -0.2) is 14.2 Å². The maximum atomic E-state index is 5.26. The van der Waals surface area contributed by atoms with E-state index in [9.17, 15) is 0 Å². The normalized spacial score (nSPS) is 23.7. The Bertz CT molecular complexity index is 226. The van der Waals surface area contributed by atoms with E-state index in [1.54, 1.807) is 14.2 Å². The summed E-state index contributed by atoms with van der Waals surface area (Å²) in [6, 6.07) is 0. The average molecular weight is 168 g/mol. The fraction of sp³-hybridized carbons (Fsp3) is 0.600. The van der Waals surface area contributed by atoms with Gasteiger partial charge in [-0.05, 0) is 18.6 Å². The van der Waals surface area contributed by atoms with Crippen LogP contribution in [-0.2, 0) is 9.47 Å². The number of hydrogen-bond acceptors (Lipinski definition) is 2. The second kappa shape index (κ2) is 3.65. The lowest BCUT2D eigenvalue weighted by Crippen LogP contribution is -2.08. The van der Waals surface area contributed by atoms with E-state index in [0.29, 0.717) is 5.92 Å². The van der Waals surface area contributed by atoms with Crippen LogP contribution in [0.1, 0.15) is 20.3 Å². The van der Waals surface area contributed by atoms with E-state index >= 15 is 0 Å². The molecule has 1 aliphatic carbocycles. The van der Waals surface area contributed by atoms with Crippen LogP contribution in [0, 0.1) is 5.92 Å². The van der Waals surface area contributed by atoms with Crippen molar-refractivity contribution in [2.75, 3.05) is 14.2 Å². The highest BCUT2D eigenvalue weighted by Crippen LogP contribution is 2.28. The monoisotopic (exact) mass is 168 g/mol. The second-order valence-corrected chi connectivity index (χ2v) is 3.11. The molecule has 0 saturated heterocycles. The summed E-state index contributed by atoms with van der Waals surface area (Å²) < 4.78 is 10.5. The van der Waals surface area contributed by atoms with Crippen molar-refractivity contribution in [1.82, 2.24) is 0 Å². The van der Waals surface area contributed by atoms with Crippen LogP contribution >= 0.6 is 0 Å². The van der Waals surface area contributed by atoms with Crippen molar-refractivity contribution in [3.63, 3.8) is 0 Å². The summed E-state index contributed by atoms with van der Waals surface area (Å²) in [4.78, 5) is 0. The Morgan fingerprint density at radius 2 is 2.00 bits per heavy atom. The Morgan fingerprint density at radius 3 is 2.50 bits per heavy atom. The minimum atomic E-state index is 0.434. The number of hydrogen-bond donors (Lipinski definition) is 0. The molecule has 0 aliphatic heterocycles. The van der Waals surface area contributed by atoms with Gasteiger partial charge in [0.1, 0.15) is 5.76 Å². The van der Waals surface area contributed by atoms with E-state index in [4.69, 9.17) is 9.47 Å². The van der Waals surface area contributed by atoms with E-state index in [1.165, 1.54) is 5.57 Å². The van der Waals surface area contributed by atoms with E-state index in [1.807, 2.05) is 0 Å². The van der Waals surface area contributed by atoms with Crippen LogP contribution in [0.15, 0.2) is 23.2 Å². The first-order chi connectivity index (χ1) is 5.69.